The van der Waals surface area contributed by atoms with Crippen molar-refractivity contribution in [3.63, 3.8) is 0 Å². The maximum atomic E-state index is 13.4. The number of carboxylic acids is 1. The average Bonchev–Trinajstić information content (AvgIpc) is 3.57. The van der Waals surface area contributed by atoms with Gasteiger partial charge in [-0.05, 0) is 31.4 Å². The second-order valence-electron chi connectivity index (χ2n) is 12.5. The molecule has 49 heavy (non-hydrogen) atoms. The molecule has 0 saturated carbocycles. The molecule has 0 bridgehead atoms. The number of hydrogen-bond donors (Lipinski definition) is 3. The van der Waals surface area contributed by atoms with E-state index in [4.69, 9.17) is 4.42 Å². The summed E-state index contributed by atoms with van der Waals surface area (Å²) in [7, 11) is 0. The first kappa shape index (κ1) is 39.0. The van der Waals surface area contributed by atoms with Crippen molar-refractivity contribution in [1.82, 2.24) is 20.5 Å². The number of carboxylic acid groups (broad SMARTS) is 1. The van der Waals surface area contributed by atoms with Crippen LogP contribution in [0.2, 0.25) is 0 Å². The minimum atomic E-state index is -1.15. The molecule has 2 aromatic carbocycles. The average molecular weight is 675 g/mol. The molecule has 1 unspecified atom stereocenters. The van der Waals surface area contributed by atoms with Gasteiger partial charge in [0.25, 0.3) is 5.91 Å². The molecule has 0 saturated heterocycles. The smallest absolute Gasteiger partial charge is 0.326 e. The first-order chi connectivity index (χ1) is 23.8. The Morgan fingerprint density at radius 1 is 0.755 bits per heavy atom. The van der Waals surface area contributed by atoms with Crippen molar-refractivity contribution < 1.29 is 28.7 Å². The van der Waals surface area contributed by atoms with E-state index >= 15 is 0 Å². The second kappa shape index (κ2) is 22.2. The van der Waals surface area contributed by atoms with Crippen molar-refractivity contribution in [2.45, 2.75) is 110 Å². The summed E-state index contributed by atoms with van der Waals surface area (Å²) in [6.45, 7) is 5.21. The van der Waals surface area contributed by atoms with Gasteiger partial charge in [-0.15, -0.1) is 0 Å². The van der Waals surface area contributed by atoms with Crippen molar-refractivity contribution in [2.24, 2.45) is 0 Å². The Morgan fingerprint density at radius 2 is 1.35 bits per heavy atom. The predicted octanol–water partition coefficient (Wildman–Crippen LogP) is 7.64. The molecule has 1 heterocycles. The summed E-state index contributed by atoms with van der Waals surface area (Å²) in [5, 5.41) is 15.3. The number of carbonyl (C=O) groups is 4. The quantitative estimate of drug-likeness (QED) is 0.0829. The molecular formula is C39H54N4O6. The zero-order chi connectivity index (χ0) is 35.3. The molecule has 10 nitrogen and oxygen atoms in total. The standard InChI is InChI=1S/C39H54N4O6/c1-3-5-7-9-10-11-18-24-33(44)41-32(39(47)48)25-26-34(45)43(28-19-8-6-4-2)29-27-40-37(46)35-36(30-20-14-12-15-21-30)49-38(42-35)31-22-16-13-17-23-31/h12-17,20-23,32H,3-11,18-19,24-29H2,1-2H3,(H,40,46)(H,41,44)(H,47,48). The SMILES string of the molecule is CCCCCCCCCC(=O)NC(CCC(=O)N(CCCCCC)CCNC(=O)c1nc(-c2ccccc2)oc1-c1ccccc1)C(=O)O. The topological polar surface area (TPSA) is 142 Å². The summed E-state index contributed by atoms with van der Waals surface area (Å²) in [5.74, 6) is -1.39. The Hall–Kier alpha value is -4.47. The van der Waals surface area contributed by atoms with Crippen LogP contribution in [-0.2, 0) is 14.4 Å². The van der Waals surface area contributed by atoms with Crippen molar-refractivity contribution >= 4 is 23.7 Å². The predicted molar refractivity (Wildman–Crippen MR) is 192 cm³/mol. The Labute approximate surface area is 291 Å². The third-order valence-corrected chi connectivity index (χ3v) is 8.49. The van der Waals surface area contributed by atoms with E-state index in [0.29, 0.717) is 18.2 Å². The lowest BCUT2D eigenvalue weighted by atomic mass is 10.1. The van der Waals surface area contributed by atoms with Crippen molar-refractivity contribution in [3.8, 4) is 22.8 Å². The lowest BCUT2D eigenvalue weighted by Crippen LogP contribution is -2.43. The van der Waals surface area contributed by atoms with Gasteiger partial charge in [-0.3, -0.25) is 14.4 Å². The number of aliphatic carboxylic acids is 1. The number of aromatic nitrogens is 1. The van der Waals surface area contributed by atoms with E-state index < -0.39 is 17.9 Å². The van der Waals surface area contributed by atoms with Gasteiger partial charge >= 0.3 is 5.97 Å². The minimum absolute atomic E-state index is 0.00359. The van der Waals surface area contributed by atoms with Gasteiger partial charge in [0.15, 0.2) is 11.5 Å². The molecule has 0 aliphatic rings. The molecule has 3 rings (SSSR count). The van der Waals surface area contributed by atoms with Gasteiger partial charge in [-0.2, -0.15) is 0 Å². The lowest BCUT2D eigenvalue weighted by Gasteiger charge is -2.24. The van der Waals surface area contributed by atoms with E-state index in [2.05, 4.69) is 29.5 Å². The van der Waals surface area contributed by atoms with Crippen LogP contribution >= 0.6 is 0 Å². The molecule has 0 fully saturated rings. The first-order valence-electron chi connectivity index (χ1n) is 18.0. The van der Waals surface area contributed by atoms with Crippen LogP contribution in [0.25, 0.3) is 22.8 Å². The number of oxazole rings is 1. The van der Waals surface area contributed by atoms with Crippen LogP contribution < -0.4 is 10.6 Å². The molecule has 266 valence electrons. The molecule has 0 spiro atoms. The Bertz CT molecular complexity index is 1430. The van der Waals surface area contributed by atoms with E-state index in [9.17, 15) is 24.3 Å². The number of amides is 3. The normalized spacial score (nSPS) is 11.6. The van der Waals surface area contributed by atoms with Crippen LogP contribution in [0.15, 0.2) is 65.1 Å². The van der Waals surface area contributed by atoms with E-state index in [-0.39, 0.29) is 49.9 Å². The summed E-state index contributed by atoms with van der Waals surface area (Å²) >= 11 is 0. The zero-order valence-electron chi connectivity index (χ0n) is 29.3. The largest absolute Gasteiger partial charge is 0.480 e. The van der Waals surface area contributed by atoms with Crippen LogP contribution in [0.4, 0.5) is 0 Å². The maximum absolute atomic E-state index is 13.4. The second-order valence-corrected chi connectivity index (χ2v) is 12.5. The van der Waals surface area contributed by atoms with Gasteiger partial charge in [0.05, 0.1) is 0 Å². The highest BCUT2D eigenvalue weighted by Crippen LogP contribution is 2.29. The minimum Gasteiger partial charge on any atom is -0.480 e. The van der Waals surface area contributed by atoms with Gasteiger partial charge in [-0.1, -0.05) is 120 Å². The van der Waals surface area contributed by atoms with Crippen LogP contribution in [0.3, 0.4) is 0 Å². The highest BCUT2D eigenvalue weighted by molar-refractivity contribution is 5.98. The molecule has 1 atom stereocenters. The summed E-state index contributed by atoms with van der Waals surface area (Å²) in [6.07, 6.45) is 11.6. The number of nitrogens with one attached hydrogen (secondary N) is 2. The number of carbonyl (C=O) groups excluding carboxylic acids is 3. The lowest BCUT2D eigenvalue weighted by molar-refractivity contribution is -0.142. The third-order valence-electron chi connectivity index (χ3n) is 8.49. The van der Waals surface area contributed by atoms with Crippen molar-refractivity contribution in [1.29, 1.82) is 0 Å². The van der Waals surface area contributed by atoms with Crippen LogP contribution in [0.5, 0.6) is 0 Å². The molecule has 0 aliphatic heterocycles. The van der Waals surface area contributed by atoms with E-state index in [1.54, 1.807) is 4.90 Å². The zero-order valence-corrected chi connectivity index (χ0v) is 29.3. The molecule has 0 aliphatic carbocycles. The number of unbranched alkanes of at least 4 members (excludes halogenated alkanes) is 9. The third kappa shape index (κ3) is 13.9. The van der Waals surface area contributed by atoms with Gasteiger partial charge in [0.1, 0.15) is 6.04 Å². The molecule has 3 aromatic rings. The number of nitrogens with zero attached hydrogens (tertiary/aromatic N) is 2. The molecule has 3 N–H and O–H groups in total. The van der Waals surface area contributed by atoms with Gasteiger partial charge in [0, 0.05) is 43.6 Å². The molecule has 0 radical (unpaired) electrons. The molecular weight excluding hydrogens is 620 g/mol. The Kier molecular flexibility index (Phi) is 17.7. The van der Waals surface area contributed by atoms with E-state index in [0.717, 1.165) is 62.5 Å². The van der Waals surface area contributed by atoms with E-state index in [1.807, 2.05) is 60.7 Å². The number of benzene rings is 2. The monoisotopic (exact) mass is 674 g/mol. The fourth-order valence-electron chi connectivity index (χ4n) is 5.63. The summed E-state index contributed by atoms with van der Waals surface area (Å²) < 4.78 is 6.08. The van der Waals surface area contributed by atoms with Crippen LogP contribution in [0.1, 0.15) is 114 Å². The van der Waals surface area contributed by atoms with Crippen molar-refractivity contribution in [3.05, 3.63) is 66.4 Å². The molecule has 1 aromatic heterocycles. The highest BCUT2D eigenvalue weighted by atomic mass is 16.4. The summed E-state index contributed by atoms with van der Waals surface area (Å²) in [5.41, 5.74) is 1.62. The number of hydrogen-bond acceptors (Lipinski definition) is 6. The van der Waals surface area contributed by atoms with Crippen molar-refractivity contribution in [2.75, 3.05) is 19.6 Å². The fraction of sp³-hybridized carbons (Fsp3) is 0.513. The van der Waals surface area contributed by atoms with Gasteiger partial charge in [-0.25, -0.2) is 9.78 Å². The first-order valence-corrected chi connectivity index (χ1v) is 18.0. The molecule has 3 amide bonds. The van der Waals surface area contributed by atoms with Crippen LogP contribution in [-0.4, -0.2) is 64.4 Å². The van der Waals surface area contributed by atoms with Crippen LogP contribution in [0, 0.1) is 0 Å². The van der Waals surface area contributed by atoms with Gasteiger partial charge < -0.3 is 25.1 Å². The highest BCUT2D eigenvalue weighted by Gasteiger charge is 2.24. The fourth-order valence-corrected chi connectivity index (χ4v) is 5.63. The Morgan fingerprint density at radius 3 is 1.98 bits per heavy atom. The molecule has 10 heteroatoms. The summed E-state index contributed by atoms with van der Waals surface area (Å²) in [6, 6.07) is 17.5. The number of rotatable bonds is 24. The Balaban J connectivity index is 1.58. The maximum Gasteiger partial charge on any atom is 0.326 e. The van der Waals surface area contributed by atoms with Gasteiger partial charge in [0.2, 0.25) is 17.7 Å². The summed E-state index contributed by atoms with van der Waals surface area (Å²) in [4.78, 5) is 57.4. The van der Waals surface area contributed by atoms with E-state index in [1.165, 1.54) is 19.3 Å².